The predicted octanol–water partition coefficient (Wildman–Crippen LogP) is 1.86. The smallest absolute Gasteiger partial charge is 0.270 e. The van der Waals surface area contributed by atoms with Gasteiger partial charge in [-0.2, -0.15) is 4.98 Å². The molecule has 1 N–H and O–H groups in total. The van der Waals surface area contributed by atoms with E-state index in [9.17, 15) is 10.1 Å². The second kappa shape index (κ2) is 7.49. The molecule has 8 nitrogen and oxygen atoms in total. The Balaban J connectivity index is 0.00000192. The van der Waals surface area contributed by atoms with E-state index in [2.05, 4.69) is 27.3 Å². The van der Waals surface area contributed by atoms with Crippen LogP contribution in [-0.4, -0.2) is 45.6 Å². The van der Waals surface area contributed by atoms with Crippen LogP contribution in [0.3, 0.4) is 0 Å². The molecule has 124 valence electrons. The highest BCUT2D eigenvalue weighted by molar-refractivity contribution is 5.85. The minimum atomic E-state index is -0.438. The fraction of sp³-hybridized carbons (Fsp3) is 0.429. The normalized spacial score (nSPS) is 18.4. The molecule has 1 atom stereocenters. The minimum absolute atomic E-state index is 0. The Hall–Kier alpha value is -2.03. The molecule has 1 aliphatic rings. The molecule has 1 fully saturated rings. The highest BCUT2D eigenvalue weighted by Crippen LogP contribution is 2.21. The van der Waals surface area contributed by atoms with Crippen LogP contribution in [-0.2, 0) is 6.54 Å². The van der Waals surface area contributed by atoms with Crippen molar-refractivity contribution in [1.29, 1.82) is 0 Å². The Bertz CT molecular complexity index is 678. The van der Waals surface area contributed by atoms with Crippen LogP contribution >= 0.6 is 12.4 Å². The SMILES string of the molecule is C[C@@H]1CNCCN1Cc1nc(-c2cccc([N+](=O)[O-])c2)no1.Cl. The van der Waals surface area contributed by atoms with Crippen molar-refractivity contribution in [3.05, 3.63) is 40.3 Å². The van der Waals surface area contributed by atoms with Crippen molar-refractivity contribution in [2.45, 2.75) is 19.5 Å². The van der Waals surface area contributed by atoms with Gasteiger partial charge in [0.15, 0.2) is 0 Å². The number of nitrogens with one attached hydrogen (secondary N) is 1. The fourth-order valence-corrected chi connectivity index (χ4v) is 2.49. The largest absolute Gasteiger partial charge is 0.338 e. The Kier molecular flexibility index (Phi) is 5.64. The number of rotatable bonds is 4. The number of nitro groups is 1. The van der Waals surface area contributed by atoms with Gasteiger partial charge in [0.2, 0.25) is 11.7 Å². The van der Waals surface area contributed by atoms with Crippen molar-refractivity contribution in [1.82, 2.24) is 20.4 Å². The standard InChI is InChI=1S/C14H17N5O3.ClH/c1-10-8-15-5-6-18(10)9-13-16-14(17-22-13)11-3-2-4-12(7-11)19(20)21;/h2-4,7,10,15H,5-6,8-9H2,1H3;1H/t10-;/m1./s1. The number of hydrogen-bond donors (Lipinski definition) is 1. The first-order valence-electron chi connectivity index (χ1n) is 7.15. The number of aromatic nitrogens is 2. The first-order chi connectivity index (χ1) is 10.6. The quantitative estimate of drug-likeness (QED) is 0.670. The van der Waals surface area contributed by atoms with Gasteiger partial charge in [-0.1, -0.05) is 17.3 Å². The van der Waals surface area contributed by atoms with E-state index in [1.807, 2.05) is 0 Å². The Morgan fingerprint density at radius 1 is 1.52 bits per heavy atom. The minimum Gasteiger partial charge on any atom is -0.338 e. The summed E-state index contributed by atoms with van der Waals surface area (Å²) in [6.07, 6.45) is 0. The van der Waals surface area contributed by atoms with E-state index in [1.54, 1.807) is 12.1 Å². The molecule has 23 heavy (non-hydrogen) atoms. The van der Waals surface area contributed by atoms with Gasteiger partial charge in [-0.15, -0.1) is 12.4 Å². The van der Waals surface area contributed by atoms with Crippen LogP contribution in [0.15, 0.2) is 28.8 Å². The van der Waals surface area contributed by atoms with E-state index in [0.29, 0.717) is 29.9 Å². The van der Waals surface area contributed by atoms with Gasteiger partial charge in [-0.25, -0.2) is 0 Å². The van der Waals surface area contributed by atoms with E-state index in [4.69, 9.17) is 4.52 Å². The lowest BCUT2D eigenvalue weighted by atomic mass is 10.2. The van der Waals surface area contributed by atoms with Gasteiger partial charge in [-0.3, -0.25) is 15.0 Å². The highest BCUT2D eigenvalue weighted by atomic mass is 35.5. The Morgan fingerprint density at radius 3 is 3.09 bits per heavy atom. The van der Waals surface area contributed by atoms with E-state index < -0.39 is 4.92 Å². The topological polar surface area (TPSA) is 97.3 Å². The lowest BCUT2D eigenvalue weighted by Crippen LogP contribution is -2.49. The number of nitrogens with zero attached hydrogens (tertiary/aromatic N) is 4. The van der Waals surface area contributed by atoms with E-state index in [-0.39, 0.29) is 18.1 Å². The second-order valence-electron chi connectivity index (χ2n) is 5.34. The van der Waals surface area contributed by atoms with Crippen LogP contribution in [0, 0.1) is 10.1 Å². The molecule has 0 aliphatic carbocycles. The van der Waals surface area contributed by atoms with E-state index in [1.165, 1.54) is 12.1 Å². The van der Waals surface area contributed by atoms with Crippen LogP contribution in [0.25, 0.3) is 11.4 Å². The molecular formula is C14H18ClN5O3. The third-order valence-electron chi connectivity index (χ3n) is 3.76. The summed E-state index contributed by atoms with van der Waals surface area (Å²) < 4.78 is 5.28. The fourth-order valence-electron chi connectivity index (χ4n) is 2.49. The van der Waals surface area contributed by atoms with Gasteiger partial charge in [0.05, 0.1) is 11.5 Å². The molecular weight excluding hydrogens is 322 g/mol. The predicted molar refractivity (Wildman–Crippen MR) is 86.4 cm³/mol. The summed E-state index contributed by atoms with van der Waals surface area (Å²) >= 11 is 0. The van der Waals surface area contributed by atoms with Crippen LogP contribution in [0.5, 0.6) is 0 Å². The molecule has 1 saturated heterocycles. The molecule has 0 bridgehead atoms. The monoisotopic (exact) mass is 339 g/mol. The molecule has 0 saturated carbocycles. The molecule has 0 amide bonds. The maximum atomic E-state index is 10.8. The highest BCUT2D eigenvalue weighted by Gasteiger charge is 2.21. The van der Waals surface area contributed by atoms with Crippen molar-refractivity contribution >= 4 is 18.1 Å². The number of piperazine rings is 1. The van der Waals surface area contributed by atoms with Gasteiger partial charge in [0, 0.05) is 43.4 Å². The zero-order valence-electron chi connectivity index (χ0n) is 12.6. The van der Waals surface area contributed by atoms with Crippen molar-refractivity contribution < 1.29 is 9.45 Å². The molecule has 2 heterocycles. The summed E-state index contributed by atoms with van der Waals surface area (Å²) in [7, 11) is 0. The molecule has 2 aromatic rings. The summed E-state index contributed by atoms with van der Waals surface area (Å²) in [5, 5.41) is 18.1. The third-order valence-corrected chi connectivity index (χ3v) is 3.76. The maximum Gasteiger partial charge on any atom is 0.270 e. The Morgan fingerprint density at radius 2 is 2.35 bits per heavy atom. The third kappa shape index (κ3) is 4.04. The lowest BCUT2D eigenvalue weighted by Gasteiger charge is -2.32. The van der Waals surface area contributed by atoms with Crippen molar-refractivity contribution in [3.8, 4) is 11.4 Å². The summed E-state index contributed by atoms with van der Waals surface area (Å²) in [6, 6.07) is 6.63. The Labute approximate surface area is 139 Å². The number of nitro benzene ring substituents is 1. The molecule has 1 aromatic heterocycles. The first-order valence-corrected chi connectivity index (χ1v) is 7.15. The van der Waals surface area contributed by atoms with Gasteiger partial charge in [0.1, 0.15) is 0 Å². The van der Waals surface area contributed by atoms with Crippen LogP contribution < -0.4 is 5.32 Å². The lowest BCUT2D eigenvalue weighted by molar-refractivity contribution is -0.384. The number of hydrogen-bond acceptors (Lipinski definition) is 7. The van der Waals surface area contributed by atoms with Gasteiger partial charge >= 0.3 is 0 Å². The van der Waals surface area contributed by atoms with Crippen molar-refractivity contribution in [2.75, 3.05) is 19.6 Å². The van der Waals surface area contributed by atoms with Gasteiger partial charge in [-0.05, 0) is 6.92 Å². The molecule has 0 unspecified atom stereocenters. The summed E-state index contributed by atoms with van der Waals surface area (Å²) in [4.78, 5) is 17.0. The molecule has 0 radical (unpaired) electrons. The van der Waals surface area contributed by atoms with Gasteiger partial charge < -0.3 is 9.84 Å². The van der Waals surface area contributed by atoms with Crippen LogP contribution in [0.1, 0.15) is 12.8 Å². The average molecular weight is 340 g/mol. The summed E-state index contributed by atoms with van der Waals surface area (Å²) in [5.74, 6) is 0.900. The van der Waals surface area contributed by atoms with Crippen LogP contribution in [0.2, 0.25) is 0 Å². The zero-order chi connectivity index (χ0) is 15.5. The number of non-ortho nitro benzene ring substituents is 1. The average Bonchev–Trinajstić information content (AvgIpc) is 2.98. The summed E-state index contributed by atoms with van der Waals surface area (Å²) in [5.41, 5.74) is 0.595. The second-order valence-corrected chi connectivity index (χ2v) is 5.34. The van der Waals surface area contributed by atoms with Crippen molar-refractivity contribution in [3.63, 3.8) is 0 Å². The first kappa shape index (κ1) is 17.3. The number of halogens is 1. The van der Waals surface area contributed by atoms with E-state index >= 15 is 0 Å². The zero-order valence-corrected chi connectivity index (χ0v) is 13.5. The van der Waals surface area contributed by atoms with Crippen molar-refractivity contribution in [2.24, 2.45) is 0 Å². The molecule has 3 rings (SSSR count). The van der Waals surface area contributed by atoms with Gasteiger partial charge in [0.25, 0.3) is 5.69 Å². The molecule has 9 heteroatoms. The van der Waals surface area contributed by atoms with E-state index in [0.717, 1.165) is 19.6 Å². The van der Waals surface area contributed by atoms with Crippen LogP contribution in [0.4, 0.5) is 5.69 Å². The summed E-state index contributed by atoms with van der Waals surface area (Å²) in [6.45, 7) is 5.53. The molecule has 0 spiro atoms. The molecule has 1 aliphatic heterocycles. The molecule has 1 aromatic carbocycles. The number of benzene rings is 1. The maximum absolute atomic E-state index is 10.8.